The van der Waals surface area contributed by atoms with Crippen LogP contribution in [-0.2, 0) is 6.18 Å². The summed E-state index contributed by atoms with van der Waals surface area (Å²) in [4.78, 5) is 37.8. The molecule has 0 aliphatic rings. The smallest absolute Gasteiger partial charge is 0.373 e. The van der Waals surface area contributed by atoms with Crippen molar-refractivity contribution >= 4 is 40.2 Å². The van der Waals surface area contributed by atoms with Gasteiger partial charge in [-0.1, -0.05) is 12.1 Å². The average Bonchev–Trinajstić information content (AvgIpc) is 2.96. The Labute approximate surface area is 254 Å². The van der Waals surface area contributed by atoms with Crippen LogP contribution in [0.2, 0.25) is 0 Å². The van der Waals surface area contributed by atoms with Crippen molar-refractivity contribution in [3.05, 3.63) is 77.5 Å². The first kappa shape index (κ1) is 32.2. The van der Waals surface area contributed by atoms with Gasteiger partial charge in [-0.2, -0.15) is 13.2 Å². The maximum absolute atomic E-state index is 13.6. The van der Waals surface area contributed by atoms with Crippen molar-refractivity contribution in [1.29, 1.82) is 0 Å². The van der Waals surface area contributed by atoms with E-state index in [9.17, 15) is 22.8 Å². The summed E-state index contributed by atoms with van der Waals surface area (Å²) in [5, 5.41) is 8.66. The first-order valence-electron chi connectivity index (χ1n) is 14.2. The molecule has 3 aromatic carbocycles. The quantitative estimate of drug-likeness (QED) is 0.193. The minimum Gasteiger partial charge on any atom is -0.373 e. The molecule has 4 aromatic rings. The maximum atomic E-state index is 13.6. The van der Waals surface area contributed by atoms with Crippen molar-refractivity contribution in [2.45, 2.75) is 26.4 Å². The van der Waals surface area contributed by atoms with E-state index in [-0.39, 0.29) is 11.6 Å². The second kappa shape index (κ2) is 13.7. The molecule has 0 bridgehead atoms. The molecular weight excluding hydrogens is 571 g/mol. The van der Waals surface area contributed by atoms with Gasteiger partial charge in [0.25, 0.3) is 5.91 Å². The molecule has 12 heteroatoms. The second-order valence-corrected chi connectivity index (χ2v) is 10.7. The van der Waals surface area contributed by atoms with E-state index in [0.29, 0.717) is 29.9 Å². The van der Waals surface area contributed by atoms with E-state index in [2.05, 4.69) is 25.9 Å². The normalized spacial score (nSPS) is 11.5. The molecule has 0 unspecified atom stereocenters. The number of aromatic nitrogens is 2. The number of urea groups is 1. The standard InChI is InChI=1S/C32H36F3N7O2/c1-6-36-31(44)40-30-37-19-23-16-21(10-12-26(23)39-30)25-17-22(9-8-20(25)2)29(43)38-27-18-24(32(33,34)35)11-13-28(27)42(5)15-7-14-41(3)4/h8-13,16-19H,6-7,14-15H2,1-5H3,(H,38,43)(H2,36,37,39,40,44). The Morgan fingerprint density at radius 3 is 2.41 bits per heavy atom. The molecule has 232 valence electrons. The van der Waals surface area contributed by atoms with Crippen LogP contribution >= 0.6 is 0 Å². The number of aryl methyl sites for hydroxylation is 1. The van der Waals surface area contributed by atoms with Gasteiger partial charge in [-0.25, -0.2) is 14.8 Å². The van der Waals surface area contributed by atoms with Gasteiger partial charge in [0, 0.05) is 37.3 Å². The zero-order valence-corrected chi connectivity index (χ0v) is 25.3. The fraction of sp³-hybridized carbons (Fsp3) is 0.312. The molecule has 0 spiro atoms. The number of nitrogens with zero attached hydrogens (tertiary/aromatic N) is 4. The van der Waals surface area contributed by atoms with Gasteiger partial charge in [0.1, 0.15) is 0 Å². The van der Waals surface area contributed by atoms with E-state index >= 15 is 0 Å². The van der Waals surface area contributed by atoms with Gasteiger partial charge in [0.15, 0.2) is 0 Å². The van der Waals surface area contributed by atoms with E-state index in [1.54, 1.807) is 44.4 Å². The van der Waals surface area contributed by atoms with Crippen molar-refractivity contribution in [2.24, 2.45) is 0 Å². The fourth-order valence-corrected chi connectivity index (χ4v) is 4.73. The molecule has 0 fully saturated rings. The number of hydrogen-bond donors (Lipinski definition) is 3. The summed E-state index contributed by atoms with van der Waals surface area (Å²) in [6.45, 7) is 5.59. The monoisotopic (exact) mass is 607 g/mol. The second-order valence-electron chi connectivity index (χ2n) is 10.7. The summed E-state index contributed by atoms with van der Waals surface area (Å²) in [5.41, 5.74) is 3.12. The molecule has 0 aliphatic carbocycles. The van der Waals surface area contributed by atoms with Crippen LogP contribution in [0.25, 0.3) is 22.0 Å². The highest BCUT2D eigenvalue weighted by molar-refractivity contribution is 6.07. The molecule has 4 rings (SSSR count). The van der Waals surface area contributed by atoms with E-state index in [4.69, 9.17) is 0 Å². The van der Waals surface area contributed by atoms with Gasteiger partial charge < -0.3 is 20.4 Å². The highest BCUT2D eigenvalue weighted by atomic mass is 19.4. The molecule has 44 heavy (non-hydrogen) atoms. The van der Waals surface area contributed by atoms with Crippen LogP contribution < -0.4 is 20.9 Å². The Kier molecular flexibility index (Phi) is 10.0. The molecule has 3 N–H and O–H groups in total. The minimum atomic E-state index is -4.56. The maximum Gasteiger partial charge on any atom is 0.416 e. The lowest BCUT2D eigenvalue weighted by atomic mass is 9.97. The summed E-state index contributed by atoms with van der Waals surface area (Å²) in [7, 11) is 5.70. The van der Waals surface area contributed by atoms with Gasteiger partial charge in [-0.15, -0.1) is 0 Å². The number of alkyl halides is 3. The highest BCUT2D eigenvalue weighted by Gasteiger charge is 2.31. The highest BCUT2D eigenvalue weighted by Crippen LogP contribution is 2.36. The molecule has 1 heterocycles. The summed E-state index contributed by atoms with van der Waals surface area (Å²) in [5.74, 6) is -0.359. The zero-order chi connectivity index (χ0) is 32.0. The van der Waals surface area contributed by atoms with E-state index < -0.39 is 23.7 Å². The number of hydrogen-bond acceptors (Lipinski definition) is 6. The average molecular weight is 608 g/mol. The van der Waals surface area contributed by atoms with Crippen LogP contribution in [0.4, 0.5) is 35.3 Å². The molecule has 0 saturated carbocycles. The van der Waals surface area contributed by atoms with Crippen LogP contribution in [0, 0.1) is 6.92 Å². The number of nitrogens with one attached hydrogen (secondary N) is 3. The molecule has 0 radical (unpaired) electrons. The zero-order valence-electron chi connectivity index (χ0n) is 25.3. The Bertz CT molecular complexity index is 1660. The molecule has 9 nitrogen and oxygen atoms in total. The first-order valence-corrected chi connectivity index (χ1v) is 14.2. The van der Waals surface area contributed by atoms with Gasteiger partial charge >= 0.3 is 12.2 Å². The Morgan fingerprint density at radius 2 is 1.70 bits per heavy atom. The first-order chi connectivity index (χ1) is 20.8. The van der Waals surface area contributed by atoms with Crippen LogP contribution in [-0.4, -0.2) is 67.6 Å². The van der Waals surface area contributed by atoms with Crippen LogP contribution in [0.1, 0.15) is 34.8 Å². The predicted octanol–water partition coefficient (Wildman–Crippen LogP) is 6.41. The number of fused-ring (bicyclic) bond motifs is 1. The molecule has 1 aromatic heterocycles. The van der Waals surface area contributed by atoms with E-state index in [1.807, 2.05) is 43.0 Å². The Morgan fingerprint density at radius 1 is 0.932 bits per heavy atom. The van der Waals surface area contributed by atoms with E-state index in [0.717, 1.165) is 47.2 Å². The predicted molar refractivity (Wildman–Crippen MR) is 168 cm³/mol. The largest absolute Gasteiger partial charge is 0.416 e. The fourth-order valence-electron chi connectivity index (χ4n) is 4.73. The topological polar surface area (TPSA) is 102 Å². The third-order valence-electron chi connectivity index (χ3n) is 7.04. The summed E-state index contributed by atoms with van der Waals surface area (Å²) in [6, 6.07) is 13.7. The van der Waals surface area contributed by atoms with E-state index in [1.165, 1.54) is 6.07 Å². The number of benzene rings is 3. The SMILES string of the molecule is CCNC(=O)Nc1ncc2cc(-c3cc(C(=O)Nc4cc(C(F)(F)F)ccc4N(C)CCCN(C)C)ccc3C)ccc2n1. The molecule has 0 aliphatic heterocycles. The van der Waals surface area contributed by atoms with Gasteiger partial charge in [0.05, 0.1) is 22.5 Å². The van der Waals surface area contributed by atoms with Crippen molar-refractivity contribution in [3.63, 3.8) is 0 Å². The number of anilines is 3. The summed E-state index contributed by atoms with van der Waals surface area (Å²) in [6.07, 6.45) is -2.16. The van der Waals surface area contributed by atoms with Crippen molar-refractivity contribution in [3.8, 4) is 11.1 Å². The third kappa shape index (κ3) is 8.01. The number of amides is 3. The molecular formula is C32H36F3N7O2. The summed E-state index contributed by atoms with van der Waals surface area (Å²) < 4.78 is 40.8. The third-order valence-corrected chi connectivity index (χ3v) is 7.04. The minimum absolute atomic E-state index is 0.0826. The Balaban J connectivity index is 1.61. The van der Waals surface area contributed by atoms with Gasteiger partial charge in [0.2, 0.25) is 5.95 Å². The number of rotatable bonds is 10. The molecule has 0 saturated heterocycles. The lowest BCUT2D eigenvalue weighted by Crippen LogP contribution is -2.29. The summed E-state index contributed by atoms with van der Waals surface area (Å²) >= 11 is 0. The van der Waals surface area contributed by atoms with Gasteiger partial charge in [-0.05, 0) is 100 Å². The van der Waals surface area contributed by atoms with Gasteiger partial charge in [-0.3, -0.25) is 10.1 Å². The lowest BCUT2D eigenvalue weighted by Gasteiger charge is -2.24. The van der Waals surface area contributed by atoms with Crippen molar-refractivity contribution in [1.82, 2.24) is 20.2 Å². The van der Waals surface area contributed by atoms with Crippen molar-refractivity contribution < 1.29 is 22.8 Å². The van der Waals surface area contributed by atoms with Crippen molar-refractivity contribution in [2.75, 3.05) is 56.3 Å². The number of carbonyl (C=O) groups excluding carboxylic acids is 2. The molecule has 0 atom stereocenters. The van der Waals surface area contributed by atoms with Crippen LogP contribution in [0.15, 0.2) is 60.8 Å². The number of carbonyl (C=O) groups is 2. The van der Waals surface area contributed by atoms with Crippen LogP contribution in [0.5, 0.6) is 0 Å². The Hall–Kier alpha value is -4.71. The number of halogens is 3. The lowest BCUT2D eigenvalue weighted by molar-refractivity contribution is -0.137. The van der Waals surface area contributed by atoms with Crippen LogP contribution in [0.3, 0.4) is 0 Å². The molecule has 3 amide bonds.